The van der Waals surface area contributed by atoms with Crippen molar-refractivity contribution in [1.82, 2.24) is 4.90 Å². The predicted octanol–water partition coefficient (Wildman–Crippen LogP) is 6.23. The van der Waals surface area contributed by atoms with Crippen LogP contribution in [0.25, 0.3) is 0 Å². The molecule has 0 aromatic heterocycles. The van der Waals surface area contributed by atoms with Crippen molar-refractivity contribution >= 4 is 11.8 Å². The van der Waals surface area contributed by atoms with E-state index in [2.05, 4.69) is 32.0 Å². The maximum absolute atomic E-state index is 14.7. The Kier molecular flexibility index (Phi) is 13.9. The number of Topliss-reactive ketones (excluding diaryl/α,β-unsaturated/α-hetero) is 1. The van der Waals surface area contributed by atoms with Crippen LogP contribution in [0.3, 0.4) is 0 Å². The van der Waals surface area contributed by atoms with Crippen molar-refractivity contribution in [2.45, 2.75) is 160 Å². The first-order valence-electron chi connectivity index (χ1n) is 20.5. The van der Waals surface area contributed by atoms with Crippen LogP contribution in [0.15, 0.2) is 23.5 Å². The lowest BCUT2D eigenvalue weighted by molar-refractivity contribution is -0.317. The van der Waals surface area contributed by atoms with Crippen molar-refractivity contribution in [1.29, 1.82) is 0 Å². The van der Waals surface area contributed by atoms with Crippen LogP contribution in [0.1, 0.15) is 98.8 Å². The highest BCUT2D eigenvalue weighted by Gasteiger charge is 2.54. The maximum Gasteiger partial charge on any atom is 0.311 e. The van der Waals surface area contributed by atoms with E-state index in [1.165, 1.54) is 0 Å². The van der Waals surface area contributed by atoms with E-state index >= 15 is 0 Å². The molecule has 0 radical (unpaired) electrons. The molecule has 0 aromatic carbocycles. The number of carbonyl (C=O) groups is 2. The monoisotopic (exact) mass is 745 g/mol. The maximum atomic E-state index is 14.7. The minimum atomic E-state index is -0.573. The van der Waals surface area contributed by atoms with Crippen LogP contribution in [0.5, 0.6) is 0 Å². The minimum absolute atomic E-state index is 0.00965. The molecule has 3 aliphatic heterocycles. The second-order valence-electron chi connectivity index (χ2n) is 16.8. The number of methoxy groups -OCH3 is 2. The number of allylic oxidation sites excluding steroid dienone is 4. The third kappa shape index (κ3) is 8.83. The van der Waals surface area contributed by atoms with E-state index in [0.29, 0.717) is 43.1 Å². The Hall–Kier alpha value is -1.70. The summed E-state index contributed by atoms with van der Waals surface area (Å²) in [5.41, 5.74) is 0.797. The number of ether oxygens (including phenoxy) is 8. The van der Waals surface area contributed by atoms with E-state index in [1.54, 1.807) is 14.2 Å². The zero-order valence-corrected chi connectivity index (χ0v) is 33.7. The fourth-order valence-electron chi connectivity index (χ4n) is 10.8. The van der Waals surface area contributed by atoms with Crippen LogP contribution in [0, 0.1) is 35.5 Å². The molecular weight excluding hydrogens is 678 g/mol. The third-order valence-corrected chi connectivity index (χ3v) is 13.5. The molecule has 3 aliphatic carbocycles. The Morgan fingerprint density at radius 3 is 2.34 bits per heavy atom. The van der Waals surface area contributed by atoms with E-state index in [1.807, 2.05) is 33.8 Å². The molecular formula is C42H67NO10. The fourth-order valence-corrected chi connectivity index (χ4v) is 10.8. The van der Waals surface area contributed by atoms with Gasteiger partial charge in [0, 0.05) is 45.1 Å². The van der Waals surface area contributed by atoms with Gasteiger partial charge >= 0.3 is 5.97 Å². The van der Waals surface area contributed by atoms with Gasteiger partial charge in [0.2, 0.25) is 0 Å². The number of hydrogen-bond acceptors (Lipinski definition) is 11. The van der Waals surface area contributed by atoms with Crippen LogP contribution in [0.2, 0.25) is 0 Å². The van der Waals surface area contributed by atoms with Gasteiger partial charge in [-0.15, -0.1) is 0 Å². The Morgan fingerprint density at radius 2 is 1.66 bits per heavy atom. The second kappa shape index (κ2) is 18.0. The molecule has 0 bridgehead atoms. The molecule has 6 rings (SSSR count). The molecule has 0 spiro atoms. The first-order valence-corrected chi connectivity index (χ1v) is 20.5. The van der Waals surface area contributed by atoms with Gasteiger partial charge in [-0.2, -0.15) is 0 Å². The summed E-state index contributed by atoms with van der Waals surface area (Å²) in [6.45, 7) is 10.6. The van der Waals surface area contributed by atoms with Gasteiger partial charge in [0.15, 0.2) is 18.4 Å². The van der Waals surface area contributed by atoms with Gasteiger partial charge in [-0.25, -0.2) is 0 Å². The molecule has 53 heavy (non-hydrogen) atoms. The molecule has 0 aromatic rings. The second-order valence-corrected chi connectivity index (χ2v) is 16.8. The lowest BCUT2D eigenvalue weighted by atomic mass is 9.66. The number of carbonyl (C=O) groups excluding carboxylic acids is 2. The van der Waals surface area contributed by atoms with E-state index in [4.69, 9.17) is 37.9 Å². The van der Waals surface area contributed by atoms with E-state index in [0.717, 1.165) is 50.5 Å². The van der Waals surface area contributed by atoms with Crippen LogP contribution in [-0.4, -0.2) is 113 Å². The highest BCUT2D eigenvalue weighted by Crippen LogP contribution is 2.57. The molecule has 5 fully saturated rings. The van der Waals surface area contributed by atoms with Gasteiger partial charge in [0.25, 0.3) is 0 Å². The van der Waals surface area contributed by atoms with Gasteiger partial charge in [-0.3, -0.25) is 9.59 Å². The Labute approximate surface area is 317 Å². The van der Waals surface area contributed by atoms with Gasteiger partial charge < -0.3 is 42.8 Å². The summed E-state index contributed by atoms with van der Waals surface area (Å²) < 4.78 is 50.0. The topological polar surface area (TPSA) is 111 Å². The summed E-state index contributed by atoms with van der Waals surface area (Å²) in [7, 11) is 7.53. The summed E-state index contributed by atoms with van der Waals surface area (Å²) >= 11 is 0. The summed E-state index contributed by atoms with van der Waals surface area (Å²) in [6, 6.07) is 0.337. The smallest absolute Gasteiger partial charge is 0.311 e. The quantitative estimate of drug-likeness (QED) is 0.251. The largest absolute Gasteiger partial charge is 0.431 e. The van der Waals surface area contributed by atoms with E-state index < -0.39 is 12.4 Å². The number of likely N-dealkylation sites (N-methyl/N-ethyl adjacent to an activating group) is 1. The fraction of sp³-hybridized carbons (Fsp3) is 0.857. The van der Waals surface area contributed by atoms with E-state index in [9.17, 15) is 9.59 Å². The Balaban J connectivity index is 1.20. The first-order chi connectivity index (χ1) is 25.5. The molecule has 6 aliphatic rings. The number of cyclic esters (lactones) is 1. The number of hydrogen-bond donors (Lipinski definition) is 0. The zero-order chi connectivity index (χ0) is 38.0. The summed E-state index contributed by atoms with van der Waals surface area (Å²) in [6.07, 6.45) is 9.62. The van der Waals surface area contributed by atoms with Crippen LogP contribution >= 0.6 is 0 Å². The minimum Gasteiger partial charge on any atom is -0.431 e. The lowest BCUT2D eigenvalue weighted by Gasteiger charge is -2.44. The molecule has 2 unspecified atom stereocenters. The summed E-state index contributed by atoms with van der Waals surface area (Å²) in [5, 5.41) is 0. The summed E-state index contributed by atoms with van der Waals surface area (Å²) in [5.74, 6) is 1.24. The molecule has 3 saturated heterocycles. The molecule has 3 heterocycles. The standard InChI is InChI=1S/C42H67NO10/c1-10-27-13-12-14-35(53-37-18-17-34(43(6)7)24(4)49-37)23(3)38(45)33-21-31-29(32(33)22-36(44)51-27)16-15-26-19-28(20-30(26)31)52-42-41(47-9)40(48-11-2)39(46-8)25(5)50-42/h10,21,23-26,28-32,34-35,37,39-42H,11-20,22H2,1-9H3/b27-10+/t23-,24-,25+,26-,28-,29-,30-,31-,32+,34+,35?,37+,39+,40-,41?,42+/m1/s1. The molecule has 11 heteroatoms. The van der Waals surface area contributed by atoms with Gasteiger partial charge in [0.1, 0.15) is 24.1 Å². The molecule has 11 nitrogen and oxygen atoms in total. The van der Waals surface area contributed by atoms with Gasteiger partial charge in [-0.1, -0.05) is 13.0 Å². The van der Waals surface area contributed by atoms with Crippen molar-refractivity contribution in [2.24, 2.45) is 35.5 Å². The van der Waals surface area contributed by atoms with Gasteiger partial charge in [0.05, 0.1) is 30.8 Å². The number of nitrogens with zero attached hydrogens (tertiary/aromatic N) is 1. The van der Waals surface area contributed by atoms with Crippen molar-refractivity contribution in [3.05, 3.63) is 23.5 Å². The SMILES string of the molecule is C/C=C1\CCCC(O[C@H]2CC[C@H](N(C)C)[C@@H](C)O2)[C@@H](C)C(=O)C2=C[C@H]3[C@@H]4C[C@H](O[C@@H]5O[C@@H](C)[C@H](OC)[C@@H](OCC)C5OC)C[C@H]4CC[C@H]3[C@@H]2CC(=O)O1. The normalized spacial score (nSPS) is 44.8. The van der Waals surface area contributed by atoms with Crippen LogP contribution in [0.4, 0.5) is 0 Å². The molecule has 0 N–H and O–H groups in total. The van der Waals surface area contributed by atoms with Crippen LogP contribution in [-0.2, 0) is 47.5 Å². The number of fused-ring (bicyclic) bond motifs is 5. The Morgan fingerprint density at radius 1 is 0.887 bits per heavy atom. The van der Waals surface area contributed by atoms with Crippen molar-refractivity contribution in [2.75, 3.05) is 34.9 Å². The molecule has 0 amide bonds. The highest BCUT2D eigenvalue weighted by molar-refractivity contribution is 5.99. The third-order valence-electron chi connectivity index (χ3n) is 13.5. The average Bonchev–Trinajstić information content (AvgIpc) is 3.70. The van der Waals surface area contributed by atoms with Crippen molar-refractivity contribution in [3.63, 3.8) is 0 Å². The van der Waals surface area contributed by atoms with Crippen molar-refractivity contribution < 1.29 is 47.5 Å². The summed E-state index contributed by atoms with van der Waals surface area (Å²) in [4.78, 5) is 30.4. The number of ketones is 1. The molecule has 300 valence electrons. The highest BCUT2D eigenvalue weighted by atomic mass is 16.7. The number of rotatable bonds is 9. The zero-order valence-electron chi connectivity index (χ0n) is 33.7. The Bertz CT molecular complexity index is 1320. The average molecular weight is 746 g/mol. The van der Waals surface area contributed by atoms with Gasteiger partial charge in [-0.05, 0) is 128 Å². The molecule has 16 atom stereocenters. The van der Waals surface area contributed by atoms with Crippen LogP contribution < -0.4 is 0 Å². The van der Waals surface area contributed by atoms with Crippen molar-refractivity contribution in [3.8, 4) is 0 Å². The molecule has 2 saturated carbocycles. The van der Waals surface area contributed by atoms with E-state index in [-0.39, 0.29) is 84.8 Å². The predicted molar refractivity (Wildman–Crippen MR) is 199 cm³/mol. The number of esters is 1. The lowest BCUT2D eigenvalue weighted by Crippen LogP contribution is -2.60. The first kappa shape index (κ1) is 40.9.